The van der Waals surface area contributed by atoms with E-state index in [1.54, 1.807) is 13.8 Å². The summed E-state index contributed by atoms with van der Waals surface area (Å²) >= 11 is 0. The van der Waals surface area contributed by atoms with Crippen molar-refractivity contribution in [3.8, 4) is 0 Å². The van der Waals surface area contributed by atoms with Gasteiger partial charge in [0.25, 0.3) is 10.0 Å². The topological polar surface area (TPSA) is 84.0 Å². The van der Waals surface area contributed by atoms with Crippen LogP contribution in [0.25, 0.3) is 0 Å². The van der Waals surface area contributed by atoms with E-state index in [1.165, 1.54) is 18.7 Å². The Morgan fingerprint density at radius 2 is 1.62 bits per heavy atom. The lowest BCUT2D eigenvalue weighted by Gasteiger charge is -2.14. The second-order valence-electron chi connectivity index (χ2n) is 4.70. The van der Waals surface area contributed by atoms with Crippen LogP contribution in [0.5, 0.6) is 0 Å². The fraction of sp³-hybridized carbons (Fsp3) is 0.286. The highest BCUT2D eigenvalue weighted by Crippen LogP contribution is 2.26. The molecule has 0 saturated heterocycles. The van der Waals surface area contributed by atoms with Gasteiger partial charge < -0.3 is 5.32 Å². The smallest absolute Gasteiger partial charge is 0.262 e. The van der Waals surface area contributed by atoms with Crippen LogP contribution in [0.3, 0.4) is 0 Å². The Bertz CT molecular complexity index is 707. The normalized spacial score (nSPS) is 11.2. The highest BCUT2D eigenvalue weighted by atomic mass is 32.2. The van der Waals surface area contributed by atoms with Gasteiger partial charge in [-0.3, -0.25) is 4.72 Å². The SMILES string of the molecule is CCNc1cc(C)c(S(=O)(=O)Nc2cncnc2)c(C)c1. The zero-order valence-corrected chi connectivity index (χ0v) is 13.0. The van der Waals surface area contributed by atoms with Crippen LogP contribution in [0.2, 0.25) is 0 Å². The lowest BCUT2D eigenvalue weighted by Crippen LogP contribution is -2.16. The van der Waals surface area contributed by atoms with Gasteiger partial charge in [0.05, 0.1) is 23.0 Å². The van der Waals surface area contributed by atoms with Crippen LogP contribution in [-0.4, -0.2) is 24.9 Å². The first-order chi connectivity index (χ1) is 9.94. The molecule has 1 heterocycles. The molecule has 0 atom stereocenters. The summed E-state index contributed by atoms with van der Waals surface area (Å²) in [5.74, 6) is 0. The van der Waals surface area contributed by atoms with Crippen molar-refractivity contribution in [2.75, 3.05) is 16.6 Å². The van der Waals surface area contributed by atoms with Crippen LogP contribution in [-0.2, 0) is 10.0 Å². The van der Waals surface area contributed by atoms with E-state index in [4.69, 9.17) is 0 Å². The molecule has 0 spiro atoms. The van der Waals surface area contributed by atoms with E-state index < -0.39 is 10.0 Å². The number of benzene rings is 1. The predicted octanol–water partition coefficient (Wildman–Crippen LogP) is 2.33. The standard InChI is InChI=1S/C14H18N4O2S/c1-4-17-12-5-10(2)14(11(3)6-12)21(19,20)18-13-7-15-9-16-8-13/h5-9,17-18H,4H2,1-3H3. The molecule has 1 aromatic heterocycles. The van der Waals surface area contributed by atoms with Gasteiger partial charge in [0.2, 0.25) is 0 Å². The van der Waals surface area contributed by atoms with E-state index in [0.717, 1.165) is 12.2 Å². The van der Waals surface area contributed by atoms with Crippen molar-refractivity contribution in [3.05, 3.63) is 42.0 Å². The van der Waals surface area contributed by atoms with Crippen molar-refractivity contribution < 1.29 is 8.42 Å². The van der Waals surface area contributed by atoms with E-state index in [9.17, 15) is 8.42 Å². The highest BCUT2D eigenvalue weighted by Gasteiger charge is 2.20. The fourth-order valence-corrected chi connectivity index (χ4v) is 3.72. The first-order valence-electron chi connectivity index (χ1n) is 6.57. The molecular weight excluding hydrogens is 288 g/mol. The van der Waals surface area contributed by atoms with Crippen LogP contribution in [0, 0.1) is 13.8 Å². The Kier molecular flexibility index (Phi) is 4.42. The van der Waals surface area contributed by atoms with Gasteiger partial charge in [0.15, 0.2) is 0 Å². The van der Waals surface area contributed by atoms with Gasteiger partial charge in [0, 0.05) is 12.2 Å². The summed E-state index contributed by atoms with van der Waals surface area (Å²) in [6.07, 6.45) is 4.18. The van der Waals surface area contributed by atoms with Crippen molar-refractivity contribution >= 4 is 21.4 Å². The molecule has 0 aliphatic heterocycles. The predicted molar refractivity (Wildman–Crippen MR) is 82.9 cm³/mol. The lowest BCUT2D eigenvalue weighted by molar-refractivity contribution is 0.600. The van der Waals surface area contributed by atoms with Gasteiger partial charge in [-0.15, -0.1) is 0 Å². The van der Waals surface area contributed by atoms with E-state index >= 15 is 0 Å². The summed E-state index contributed by atoms with van der Waals surface area (Å²) in [6, 6.07) is 3.65. The number of aryl methyl sites for hydroxylation is 2. The van der Waals surface area contributed by atoms with E-state index in [0.29, 0.717) is 16.8 Å². The minimum Gasteiger partial charge on any atom is -0.385 e. The van der Waals surface area contributed by atoms with Crippen molar-refractivity contribution in [2.45, 2.75) is 25.7 Å². The Hall–Kier alpha value is -2.15. The zero-order valence-electron chi connectivity index (χ0n) is 12.2. The molecule has 21 heavy (non-hydrogen) atoms. The Morgan fingerprint density at radius 1 is 1.05 bits per heavy atom. The molecule has 0 radical (unpaired) electrons. The average Bonchev–Trinajstić information content (AvgIpc) is 2.38. The molecule has 112 valence electrons. The Balaban J connectivity index is 2.41. The molecule has 7 heteroatoms. The largest absolute Gasteiger partial charge is 0.385 e. The third-order valence-corrected chi connectivity index (χ3v) is 4.61. The molecule has 6 nitrogen and oxygen atoms in total. The fourth-order valence-electron chi connectivity index (χ4n) is 2.24. The minimum absolute atomic E-state index is 0.285. The minimum atomic E-state index is -3.66. The van der Waals surface area contributed by atoms with Crippen molar-refractivity contribution in [3.63, 3.8) is 0 Å². The maximum Gasteiger partial charge on any atom is 0.262 e. The third-order valence-electron chi connectivity index (χ3n) is 2.92. The molecule has 0 fully saturated rings. The van der Waals surface area contributed by atoms with Gasteiger partial charge in [0.1, 0.15) is 6.33 Å². The molecule has 0 unspecified atom stereocenters. The number of aromatic nitrogens is 2. The maximum atomic E-state index is 12.5. The molecule has 2 rings (SSSR count). The van der Waals surface area contributed by atoms with E-state index in [2.05, 4.69) is 20.0 Å². The molecular formula is C14H18N4O2S. The lowest BCUT2D eigenvalue weighted by atomic mass is 10.1. The van der Waals surface area contributed by atoms with Crippen molar-refractivity contribution in [2.24, 2.45) is 0 Å². The number of hydrogen-bond donors (Lipinski definition) is 2. The zero-order chi connectivity index (χ0) is 15.5. The summed E-state index contributed by atoms with van der Waals surface area (Å²) in [5, 5.41) is 3.18. The number of hydrogen-bond acceptors (Lipinski definition) is 5. The van der Waals surface area contributed by atoms with E-state index in [-0.39, 0.29) is 4.90 Å². The number of nitrogens with one attached hydrogen (secondary N) is 2. The maximum absolute atomic E-state index is 12.5. The monoisotopic (exact) mass is 306 g/mol. The van der Waals surface area contributed by atoms with Gasteiger partial charge in [-0.05, 0) is 44.0 Å². The van der Waals surface area contributed by atoms with Crippen LogP contribution in [0.15, 0.2) is 35.7 Å². The third kappa shape index (κ3) is 3.49. The number of sulfonamides is 1. The number of nitrogens with zero attached hydrogens (tertiary/aromatic N) is 2. The molecule has 1 aromatic carbocycles. The van der Waals surface area contributed by atoms with Crippen LogP contribution in [0.1, 0.15) is 18.1 Å². The van der Waals surface area contributed by atoms with E-state index in [1.807, 2.05) is 19.1 Å². The van der Waals surface area contributed by atoms with Crippen LogP contribution < -0.4 is 10.0 Å². The summed E-state index contributed by atoms with van der Waals surface area (Å²) in [5.41, 5.74) is 2.63. The average molecular weight is 306 g/mol. The first-order valence-corrected chi connectivity index (χ1v) is 8.05. The summed E-state index contributed by atoms with van der Waals surface area (Å²) in [6.45, 7) is 6.34. The number of rotatable bonds is 5. The Labute approximate surface area is 124 Å². The van der Waals surface area contributed by atoms with Gasteiger partial charge in [-0.1, -0.05) is 0 Å². The molecule has 0 bridgehead atoms. The summed E-state index contributed by atoms with van der Waals surface area (Å²) in [7, 11) is -3.66. The van der Waals surface area contributed by atoms with Crippen LogP contribution in [0.4, 0.5) is 11.4 Å². The second kappa shape index (κ2) is 6.09. The van der Waals surface area contributed by atoms with Gasteiger partial charge in [-0.25, -0.2) is 18.4 Å². The molecule has 2 N–H and O–H groups in total. The molecule has 0 saturated carbocycles. The number of anilines is 2. The quantitative estimate of drug-likeness (QED) is 0.885. The molecule has 0 aliphatic rings. The van der Waals surface area contributed by atoms with Crippen LogP contribution >= 0.6 is 0 Å². The molecule has 2 aromatic rings. The van der Waals surface area contributed by atoms with Crippen molar-refractivity contribution in [1.29, 1.82) is 0 Å². The van der Waals surface area contributed by atoms with Gasteiger partial charge in [-0.2, -0.15) is 0 Å². The Morgan fingerprint density at radius 3 is 2.14 bits per heavy atom. The van der Waals surface area contributed by atoms with Gasteiger partial charge >= 0.3 is 0 Å². The second-order valence-corrected chi connectivity index (χ2v) is 6.32. The summed E-state index contributed by atoms with van der Waals surface area (Å²) < 4.78 is 27.5. The summed E-state index contributed by atoms with van der Waals surface area (Å²) in [4.78, 5) is 7.88. The highest BCUT2D eigenvalue weighted by molar-refractivity contribution is 7.92. The van der Waals surface area contributed by atoms with Crippen molar-refractivity contribution in [1.82, 2.24) is 9.97 Å². The first kappa shape index (κ1) is 15.2. The molecule has 0 amide bonds. The molecule has 0 aliphatic carbocycles.